The predicted molar refractivity (Wildman–Crippen MR) is 124 cm³/mol. The summed E-state index contributed by atoms with van der Waals surface area (Å²) in [5.74, 6) is 2.42. The van der Waals surface area contributed by atoms with E-state index in [0.717, 1.165) is 17.8 Å². The number of anilines is 1. The molecule has 0 unspecified atom stereocenters. The highest BCUT2D eigenvalue weighted by Gasteiger charge is 2.51. The highest BCUT2D eigenvalue weighted by atomic mass is 32.1. The summed E-state index contributed by atoms with van der Waals surface area (Å²) in [7, 11) is 0. The molecule has 0 saturated heterocycles. The van der Waals surface area contributed by atoms with Crippen LogP contribution in [0.25, 0.3) is 11.3 Å². The van der Waals surface area contributed by atoms with E-state index in [1.165, 1.54) is 62.0 Å². The number of nitrogens with zero attached hydrogens (tertiary/aromatic N) is 2. The Morgan fingerprint density at radius 3 is 2.55 bits per heavy atom. The van der Waals surface area contributed by atoms with Gasteiger partial charge in [-0.25, -0.2) is 4.98 Å². The number of benzene rings is 1. The molecule has 6 rings (SSSR count). The van der Waals surface area contributed by atoms with Gasteiger partial charge in [0.2, 0.25) is 5.91 Å². The first-order valence-corrected chi connectivity index (χ1v) is 12.0. The van der Waals surface area contributed by atoms with Gasteiger partial charge >= 0.3 is 0 Å². The Bertz CT molecular complexity index is 1020. The summed E-state index contributed by atoms with van der Waals surface area (Å²) in [4.78, 5) is 27.7. The maximum absolute atomic E-state index is 12.7. The molecule has 4 aliphatic carbocycles. The quantitative estimate of drug-likeness (QED) is 0.367. The molecule has 4 fully saturated rings. The van der Waals surface area contributed by atoms with Crippen LogP contribution in [0.2, 0.25) is 0 Å². The molecule has 0 radical (unpaired) electrons. The lowest BCUT2D eigenvalue weighted by atomic mass is 9.49. The van der Waals surface area contributed by atoms with E-state index in [2.05, 4.69) is 15.6 Å². The fourth-order valence-corrected chi connectivity index (χ4v) is 7.39. The third-order valence-electron chi connectivity index (χ3n) is 7.03. The Morgan fingerprint density at radius 2 is 1.90 bits per heavy atom. The number of carbonyl (C=O) groups excluding carboxylic acids is 1. The van der Waals surface area contributed by atoms with Crippen LogP contribution < -0.4 is 10.6 Å². The van der Waals surface area contributed by atoms with E-state index in [9.17, 15) is 14.9 Å². The van der Waals surface area contributed by atoms with Crippen molar-refractivity contribution in [3.63, 3.8) is 0 Å². The first kappa shape index (κ1) is 20.5. The minimum Gasteiger partial charge on any atom is -0.308 e. The van der Waals surface area contributed by atoms with Crippen molar-refractivity contribution >= 4 is 45.4 Å². The van der Waals surface area contributed by atoms with E-state index in [1.54, 1.807) is 17.5 Å². The van der Waals surface area contributed by atoms with E-state index < -0.39 is 4.92 Å². The molecule has 31 heavy (non-hydrogen) atoms. The number of hydrogen-bond acceptors (Lipinski definition) is 6. The van der Waals surface area contributed by atoms with Gasteiger partial charge in [-0.2, -0.15) is 0 Å². The van der Waals surface area contributed by atoms with Crippen LogP contribution in [0.3, 0.4) is 0 Å². The van der Waals surface area contributed by atoms with E-state index in [4.69, 9.17) is 12.2 Å². The number of carbonyl (C=O) groups is 1. The first-order valence-electron chi connectivity index (χ1n) is 10.7. The Hall–Kier alpha value is -2.39. The van der Waals surface area contributed by atoms with Crippen molar-refractivity contribution in [1.29, 1.82) is 0 Å². The highest BCUT2D eigenvalue weighted by Crippen LogP contribution is 2.61. The first-order chi connectivity index (χ1) is 14.9. The fourth-order valence-electron chi connectivity index (χ4n) is 6.39. The third-order valence-corrected chi connectivity index (χ3v) is 7.99. The van der Waals surface area contributed by atoms with Gasteiger partial charge in [0.05, 0.1) is 10.6 Å². The van der Waals surface area contributed by atoms with Crippen LogP contribution in [0.1, 0.15) is 44.9 Å². The van der Waals surface area contributed by atoms with Gasteiger partial charge < -0.3 is 10.6 Å². The predicted octanol–water partition coefficient (Wildman–Crippen LogP) is 5.14. The molecule has 7 nitrogen and oxygen atoms in total. The number of aromatic nitrogens is 1. The Kier molecular flexibility index (Phi) is 5.26. The van der Waals surface area contributed by atoms with Gasteiger partial charge in [-0.3, -0.25) is 14.9 Å². The maximum atomic E-state index is 12.7. The van der Waals surface area contributed by atoms with Crippen molar-refractivity contribution in [3.05, 3.63) is 39.8 Å². The Labute approximate surface area is 189 Å². The topological polar surface area (TPSA) is 97.2 Å². The van der Waals surface area contributed by atoms with Gasteiger partial charge in [0.1, 0.15) is 0 Å². The van der Waals surface area contributed by atoms with Gasteiger partial charge in [-0.15, -0.1) is 11.3 Å². The molecule has 1 heterocycles. The molecule has 1 aromatic heterocycles. The second kappa shape index (κ2) is 7.94. The number of hydrogen-bond donors (Lipinski definition) is 2. The molecule has 0 atom stereocenters. The van der Waals surface area contributed by atoms with Gasteiger partial charge in [-0.05, 0) is 73.9 Å². The van der Waals surface area contributed by atoms with Crippen LogP contribution in [-0.4, -0.2) is 20.9 Å². The molecule has 1 amide bonds. The summed E-state index contributed by atoms with van der Waals surface area (Å²) in [5.41, 5.74) is 1.48. The van der Waals surface area contributed by atoms with Gasteiger partial charge in [0.25, 0.3) is 5.69 Å². The summed E-state index contributed by atoms with van der Waals surface area (Å²) >= 11 is 6.68. The maximum Gasteiger partial charge on any atom is 0.270 e. The van der Waals surface area contributed by atoms with Crippen molar-refractivity contribution < 1.29 is 9.72 Å². The molecule has 9 heteroatoms. The van der Waals surface area contributed by atoms with Crippen LogP contribution in [0.15, 0.2) is 29.6 Å². The van der Waals surface area contributed by atoms with Crippen LogP contribution in [0.4, 0.5) is 10.8 Å². The Morgan fingerprint density at radius 1 is 1.23 bits per heavy atom. The summed E-state index contributed by atoms with van der Waals surface area (Å²) < 4.78 is 0. The number of non-ortho nitro benzene ring substituents is 1. The van der Waals surface area contributed by atoms with Gasteiger partial charge in [0.15, 0.2) is 10.2 Å². The standard InChI is InChI=1S/C22H24N4O3S2/c27-19(11-22-8-13-4-14(9-22)6-15(5-13)10-22)24-20(30)25-21-23-18(12-31-21)16-2-1-3-17(7-16)26(28)29/h1-3,7,12-15H,4-6,8-11H2,(H2,23,24,25,27,30). The lowest BCUT2D eigenvalue weighted by Gasteiger charge is -2.56. The average Bonchev–Trinajstić information content (AvgIpc) is 3.14. The van der Waals surface area contributed by atoms with Crippen molar-refractivity contribution in [2.45, 2.75) is 44.9 Å². The molecule has 0 spiro atoms. The molecule has 162 valence electrons. The van der Waals surface area contributed by atoms with Crippen LogP contribution >= 0.6 is 23.6 Å². The van der Waals surface area contributed by atoms with Crippen molar-refractivity contribution in [1.82, 2.24) is 10.3 Å². The lowest BCUT2D eigenvalue weighted by Crippen LogP contribution is -2.48. The van der Waals surface area contributed by atoms with Crippen molar-refractivity contribution in [3.8, 4) is 11.3 Å². The van der Waals surface area contributed by atoms with Crippen LogP contribution in [0, 0.1) is 33.3 Å². The zero-order valence-corrected chi connectivity index (χ0v) is 18.6. The Balaban J connectivity index is 1.18. The monoisotopic (exact) mass is 456 g/mol. The third kappa shape index (κ3) is 4.34. The van der Waals surface area contributed by atoms with E-state index in [1.807, 2.05) is 0 Å². The molecule has 4 aliphatic rings. The largest absolute Gasteiger partial charge is 0.308 e. The number of rotatable bonds is 5. The number of amides is 1. The highest BCUT2D eigenvalue weighted by molar-refractivity contribution is 7.80. The van der Waals surface area contributed by atoms with Gasteiger partial charge in [-0.1, -0.05) is 12.1 Å². The van der Waals surface area contributed by atoms with Crippen molar-refractivity contribution in [2.75, 3.05) is 5.32 Å². The molecule has 2 N–H and O–H groups in total. The van der Waals surface area contributed by atoms with Crippen molar-refractivity contribution in [2.24, 2.45) is 23.2 Å². The zero-order chi connectivity index (χ0) is 21.6. The number of nitrogens with one attached hydrogen (secondary N) is 2. The fraction of sp³-hybridized carbons (Fsp3) is 0.500. The molecule has 0 aliphatic heterocycles. The normalized spacial score (nSPS) is 28.3. The number of nitro groups is 1. The molecular formula is C22H24N4O3S2. The smallest absolute Gasteiger partial charge is 0.270 e. The van der Waals surface area contributed by atoms with E-state index in [0.29, 0.717) is 22.8 Å². The summed E-state index contributed by atoms with van der Waals surface area (Å²) in [6.45, 7) is 0. The lowest BCUT2D eigenvalue weighted by molar-refractivity contribution is -0.384. The summed E-state index contributed by atoms with van der Waals surface area (Å²) in [5, 5.41) is 19.4. The minimum absolute atomic E-state index is 0.0186. The average molecular weight is 457 g/mol. The minimum atomic E-state index is -0.427. The van der Waals surface area contributed by atoms with Crippen LogP contribution in [0.5, 0.6) is 0 Å². The van der Waals surface area contributed by atoms with E-state index in [-0.39, 0.29) is 22.1 Å². The second-order valence-electron chi connectivity index (χ2n) is 9.44. The molecule has 4 saturated carbocycles. The van der Waals surface area contributed by atoms with Gasteiger partial charge in [0, 0.05) is 29.5 Å². The number of thiazole rings is 1. The number of nitro benzene ring substituents is 1. The molecule has 4 bridgehead atoms. The van der Waals surface area contributed by atoms with E-state index >= 15 is 0 Å². The molecular weight excluding hydrogens is 432 g/mol. The molecule has 1 aromatic carbocycles. The SMILES string of the molecule is O=C(CC12CC3CC(CC(C3)C1)C2)NC(=S)Nc1nc(-c2cccc([N+](=O)[O-])c2)cs1. The zero-order valence-electron chi connectivity index (χ0n) is 17.0. The number of thiocarbonyl (C=S) groups is 1. The second-order valence-corrected chi connectivity index (χ2v) is 10.7. The summed E-state index contributed by atoms with van der Waals surface area (Å²) in [6, 6.07) is 6.35. The van der Waals surface area contributed by atoms with Crippen LogP contribution in [-0.2, 0) is 4.79 Å². The summed E-state index contributed by atoms with van der Waals surface area (Å²) in [6.07, 6.45) is 8.19. The molecule has 2 aromatic rings.